The molecule has 88 valence electrons. The first-order chi connectivity index (χ1) is 7.69. The fourth-order valence-electron chi connectivity index (χ4n) is 1.35. The van der Waals surface area contributed by atoms with Crippen molar-refractivity contribution in [3.05, 3.63) is 29.8 Å². The molecule has 5 heteroatoms. The van der Waals surface area contributed by atoms with Gasteiger partial charge in [-0.2, -0.15) is 0 Å². The lowest BCUT2D eigenvalue weighted by atomic mass is 10.2. The van der Waals surface area contributed by atoms with Crippen molar-refractivity contribution < 1.29 is 14.3 Å². The van der Waals surface area contributed by atoms with Crippen LogP contribution in [0.3, 0.4) is 0 Å². The number of anilines is 1. The highest BCUT2D eigenvalue weighted by atomic mass is 16.5. The van der Waals surface area contributed by atoms with Gasteiger partial charge in [-0.1, -0.05) is 6.07 Å². The predicted octanol–water partition coefficient (Wildman–Crippen LogP) is 0.800. The number of primary amides is 1. The molecule has 0 spiro atoms. The Hall–Kier alpha value is -1.59. The average Bonchev–Trinajstić information content (AvgIpc) is 2.29. The Labute approximate surface area is 94.7 Å². The smallest absolute Gasteiger partial charge is 0.248 e. The van der Waals surface area contributed by atoms with Crippen molar-refractivity contribution in [1.82, 2.24) is 0 Å². The molecule has 0 aromatic heterocycles. The summed E-state index contributed by atoms with van der Waals surface area (Å²) in [5.74, 6) is -0.448. The van der Waals surface area contributed by atoms with E-state index in [2.05, 4.69) is 0 Å². The summed E-state index contributed by atoms with van der Waals surface area (Å²) in [5.41, 5.74) is 6.51. The lowest BCUT2D eigenvalue weighted by molar-refractivity contribution is 0.1000. The molecule has 0 fully saturated rings. The molecule has 0 heterocycles. The minimum atomic E-state index is -0.448. The molecule has 2 N–H and O–H groups in total. The minimum absolute atomic E-state index is 0.385. The van der Waals surface area contributed by atoms with Crippen molar-refractivity contribution in [3.63, 3.8) is 0 Å². The van der Waals surface area contributed by atoms with Crippen molar-refractivity contribution >= 4 is 11.6 Å². The number of carbonyl (C=O) groups is 1. The molecule has 0 bridgehead atoms. The van der Waals surface area contributed by atoms with E-state index in [4.69, 9.17) is 15.2 Å². The van der Waals surface area contributed by atoms with E-state index < -0.39 is 5.91 Å². The van der Waals surface area contributed by atoms with E-state index in [9.17, 15) is 4.79 Å². The van der Waals surface area contributed by atoms with E-state index in [1.54, 1.807) is 32.4 Å². The zero-order chi connectivity index (χ0) is 12.0. The van der Waals surface area contributed by atoms with Gasteiger partial charge in [-0.15, -0.1) is 0 Å². The fourth-order valence-corrected chi connectivity index (χ4v) is 1.35. The number of benzene rings is 1. The summed E-state index contributed by atoms with van der Waals surface area (Å²) in [5, 5.41) is 0. The van der Waals surface area contributed by atoms with E-state index >= 15 is 0 Å². The lowest BCUT2D eigenvalue weighted by Gasteiger charge is -2.22. The van der Waals surface area contributed by atoms with Crippen LogP contribution in [0, 0.1) is 0 Å². The zero-order valence-electron chi connectivity index (χ0n) is 9.47. The largest absolute Gasteiger partial charge is 0.366 e. The number of carbonyl (C=O) groups excluding carboxylic acids is 1. The average molecular weight is 224 g/mol. The van der Waals surface area contributed by atoms with Gasteiger partial charge in [0, 0.05) is 25.5 Å². The Morgan fingerprint density at radius 1 is 1.31 bits per heavy atom. The SMILES string of the molecule is COCN(COC)c1cccc(C(N)=O)c1. The second-order valence-corrected chi connectivity index (χ2v) is 3.29. The van der Waals surface area contributed by atoms with Gasteiger partial charge in [0.25, 0.3) is 0 Å². The summed E-state index contributed by atoms with van der Waals surface area (Å²) >= 11 is 0. The van der Waals surface area contributed by atoms with Gasteiger partial charge in [0.1, 0.15) is 13.5 Å². The molecule has 0 radical (unpaired) electrons. The van der Waals surface area contributed by atoms with Gasteiger partial charge in [-0.25, -0.2) is 0 Å². The van der Waals surface area contributed by atoms with Gasteiger partial charge >= 0.3 is 0 Å². The molecule has 1 aromatic carbocycles. The molecule has 0 aliphatic heterocycles. The highest BCUT2D eigenvalue weighted by Gasteiger charge is 2.07. The molecule has 1 rings (SSSR count). The first-order valence-corrected chi connectivity index (χ1v) is 4.81. The maximum absolute atomic E-state index is 11.0. The summed E-state index contributed by atoms with van der Waals surface area (Å²) in [7, 11) is 3.20. The third kappa shape index (κ3) is 3.22. The molecule has 5 nitrogen and oxygen atoms in total. The number of methoxy groups -OCH3 is 2. The summed E-state index contributed by atoms with van der Waals surface area (Å²) in [4.78, 5) is 12.9. The third-order valence-electron chi connectivity index (χ3n) is 2.07. The summed E-state index contributed by atoms with van der Waals surface area (Å²) in [6.45, 7) is 0.770. The number of nitrogens with two attached hydrogens (primary N) is 1. The van der Waals surface area contributed by atoms with E-state index in [0.717, 1.165) is 5.69 Å². The Morgan fingerprint density at radius 2 is 1.94 bits per heavy atom. The van der Waals surface area contributed by atoms with Gasteiger partial charge in [-0.05, 0) is 18.2 Å². The Balaban J connectivity index is 2.90. The minimum Gasteiger partial charge on any atom is -0.366 e. The maximum Gasteiger partial charge on any atom is 0.248 e. The van der Waals surface area contributed by atoms with E-state index in [1.807, 2.05) is 11.0 Å². The van der Waals surface area contributed by atoms with Crippen LogP contribution in [0.5, 0.6) is 0 Å². The van der Waals surface area contributed by atoms with Crippen LogP contribution < -0.4 is 10.6 Å². The van der Waals surface area contributed by atoms with E-state index in [-0.39, 0.29) is 0 Å². The van der Waals surface area contributed by atoms with E-state index in [0.29, 0.717) is 19.0 Å². The molecular weight excluding hydrogens is 208 g/mol. The van der Waals surface area contributed by atoms with Gasteiger partial charge in [0.05, 0.1) is 0 Å². The molecule has 0 saturated carbocycles. The van der Waals surface area contributed by atoms with Crippen LogP contribution in [-0.2, 0) is 9.47 Å². The normalized spacial score (nSPS) is 10.1. The molecule has 0 unspecified atom stereocenters. The molecule has 0 aliphatic rings. The molecule has 0 saturated heterocycles. The number of hydrogen-bond donors (Lipinski definition) is 1. The second kappa shape index (κ2) is 6.09. The standard InChI is InChI=1S/C11H16N2O3/c1-15-7-13(8-16-2)10-5-3-4-9(6-10)11(12)14/h3-6H,7-8H2,1-2H3,(H2,12,14). The van der Waals surface area contributed by atoms with Crippen molar-refractivity contribution in [2.24, 2.45) is 5.73 Å². The highest BCUT2D eigenvalue weighted by Crippen LogP contribution is 2.15. The van der Waals surface area contributed by atoms with Crippen molar-refractivity contribution in [2.45, 2.75) is 0 Å². The number of rotatable bonds is 6. The first kappa shape index (κ1) is 12.5. The summed E-state index contributed by atoms with van der Waals surface area (Å²) in [6.07, 6.45) is 0. The molecular formula is C11H16N2O3. The summed E-state index contributed by atoms with van der Waals surface area (Å²) < 4.78 is 10.1. The monoisotopic (exact) mass is 224 g/mol. The quantitative estimate of drug-likeness (QED) is 0.726. The van der Waals surface area contributed by atoms with Crippen molar-refractivity contribution in [2.75, 3.05) is 32.6 Å². The molecule has 0 aliphatic carbocycles. The molecule has 16 heavy (non-hydrogen) atoms. The maximum atomic E-state index is 11.0. The number of hydrogen-bond acceptors (Lipinski definition) is 4. The molecule has 1 aromatic rings. The van der Waals surface area contributed by atoms with Gasteiger partial charge in [0.2, 0.25) is 5.91 Å². The van der Waals surface area contributed by atoms with Crippen molar-refractivity contribution in [1.29, 1.82) is 0 Å². The van der Waals surface area contributed by atoms with Crippen LogP contribution in [0.25, 0.3) is 0 Å². The molecule has 0 atom stereocenters. The lowest BCUT2D eigenvalue weighted by Crippen LogP contribution is -2.28. The molecule has 1 amide bonds. The highest BCUT2D eigenvalue weighted by molar-refractivity contribution is 5.93. The number of amides is 1. The Bertz CT molecular complexity index is 349. The van der Waals surface area contributed by atoms with Crippen LogP contribution in [0.4, 0.5) is 5.69 Å². The first-order valence-electron chi connectivity index (χ1n) is 4.81. The van der Waals surface area contributed by atoms with Crippen molar-refractivity contribution in [3.8, 4) is 0 Å². The number of ether oxygens (including phenoxy) is 2. The number of nitrogens with zero attached hydrogens (tertiary/aromatic N) is 1. The van der Waals surface area contributed by atoms with E-state index in [1.165, 1.54) is 0 Å². The van der Waals surface area contributed by atoms with Crippen LogP contribution >= 0.6 is 0 Å². The van der Waals surface area contributed by atoms with Crippen LogP contribution in [0.1, 0.15) is 10.4 Å². The predicted molar refractivity (Wildman–Crippen MR) is 61.2 cm³/mol. The van der Waals surface area contributed by atoms with Crippen LogP contribution in [0.15, 0.2) is 24.3 Å². The second-order valence-electron chi connectivity index (χ2n) is 3.29. The third-order valence-corrected chi connectivity index (χ3v) is 2.07. The van der Waals surface area contributed by atoms with Gasteiger partial charge < -0.3 is 20.1 Å². The van der Waals surface area contributed by atoms with Gasteiger partial charge in [0.15, 0.2) is 0 Å². The summed E-state index contributed by atoms with van der Waals surface area (Å²) in [6, 6.07) is 7.02. The topological polar surface area (TPSA) is 64.8 Å². The van der Waals surface area contributed by atoms with Crippen LogP contribution in [-0.4, -0.2) is 33.6 Å². The Morgan fingerprint density at radius 3 is 2.44 bits per heavy atom. The van der Waals surface area contributed by atoms with Crippen LogP contribution in [0.2, 0.25) is 0 Å². The zero-order valence-corrected chi connectivity index (χ0v) is 9.47. The Kier molecular flexibility index (Phi) is 4.75. The van der Waals surface area contributed by atoms with Gasteiger partial charge in [-0.3, -0.25) is 4.79 Å². The fraction of sp³-hybridized carbons (Fsp3) is 0.364.